The van der Waals surface area contributed by atoms with Gasteiger partial charge in [0.05, 0.1) is 22.2 Å². The second-order valence-corrected chi connectivity index (χ2v) is 7.29. The normalized spacial score (nSPS) is 10.5. The maximum atomic E-state index is 12.5. The lowest BCUT2D eigenvalue weighted by molar-refractivity contribution is 0.0973. The minimum absolute atomic E-state index is 0.158. The summed E-state index contributed by atoms with van der Waals surface area (Å²) in [6.07, 6.45) is 0.910. The van der Waals surface area contributed by atoms with E-state index in [1.54, 1.807) is 36.4 Å². The Labute approximate surface area is 168 Å². The van der Waals surface area contributed by atoms with Gasteiger partial charge < -0.3 is 10.1 Å². The van der Waals surface area contributed by atoms with Crippen molar-refractivity contribution in [3.63, 3.8) is 0 Å². The van der Waals surface area contributed by atoms with Crippen LogP contribution < -0.4 is 15.4 Å². The molecular weight excluding hydrogens is 391 g/mol. The number of carbonyl (C=O) groups is 1. The van der Waals surface area contributed by atoms with Crippen molar-refractivity contribution in [1.29, 1.82) is 0 Å². The zero-order valence-corrected chi connectivity index (χ0v) is 16.8. The van der Waals surface area contributed by atoms with Gasteiger partial charge in [-0.15, -0.1) is 0 Å². The number of hydrogen-bond acceptors (Lipinski definition) is 3. The molecule has 4 nitrogen and oxygen atoms in total. The van der Waals surface area contributed by atoms with Crippen molar-refractivity contribution in [2.45, 2.75) is 20.3 Å². The van der Waals surface area contributed by atoms with E-state index in [4.69, 9.17) is 40.2 Å². The number of rotatable bonds is 6. The Kier molecular flexibility index (Phi) is 7.69. The highest BCUT2D eigenvalue weighted by Crippen LogP contribution is 2.25. The summed E-state index contributed by atoms with van der Waals surface area (Å²) in [4.78, 5) is 12.5. The fourth-order valence-corrected chi connectivity index (χ4v) is 2.60. The van der Waals surface area contributed by atoms with Crippen LogP contribution in [0, 0.1) is 5.92 Å². The van der Waals surface area contributed by atoms with E-state index in [2.05, 4.69) is 24.5 Å². The van der Waals surface area contributed by atoms with Crippen LogP contribution in [0.25, 0.3) is 0 Å². The molecule has 0 saturated heterocycles. The maximum Gasteiger partial charge on any atom is 0.261 e. The zero-order chi connectivity index (χ0) is 19.1. The number of thiocarbonyl (C=S) groups is 1. The monoisotopic (exact) mass is 410 g/mol. The average molecular weight is 411 g/mol. The van der Waals surface area contributed by atoms with Crippen LogP contribution in [0.2, 0.25) is 10.0 Å². The summed E-state index contributed by atoms with van der Waals surface area (Å²) >= 11 is 17.0. The van der Waals surface area contributed by atoms with E-state index in [-0.39, 0.29) is 11.0 Å². The molecule has 0 unspecified atom stereocenters. The Morgan fingerprint density at radius 1 is 1.15 bits per heavy atom. The molecule has 0 fully saturated rings. The molecule has 0 aliphatic carbocycles. The SMILES string of the molecule is CC(C)CCOc1ccccc1C(=O)NC(=S)Nc1ccc(Cl)c(Cl)c1. The predicted octanol–water partition coefficient (Wildman–Crippen LogP) is 5.55. The summed E-state index contributed by atoms with van der Waals surface area (Å²) in [5.41, 5.74) is 1.06. The highest BCUT2D eigenvalue weighted by molar-refractivity contribution is 7.80. The topological polar surface area (TPSA) is 50.4 Å². The van der Waals surface area contributed by atoms with E-state index >= 15 is 0 Å². The molecule has 26 heavy (non-hydrogen) atoms. The first kappa shape index (κ1) is 20.5. The van der Waals surface area contributed by atoms with Crippen LogP contribution in [-0.2, 0) is 0 Å². The fourth-order valence-electron chi connectivity index (χ4n) is 2.09. The molecule has 0 atom stereocenters. The van der Waals surface area contributed by atoms with Gasteiger partial charge in [0.15, 0.2) is 5.11 Å². The van der Waals surface area contributed by atoms with Gasteiger partial charge in [0.1, 0.15) is 5.75 Å². The summed E-state index contributed by atoms with van der Waals surface area (Å²) in [5.74, 6) is 0.713. The van der Waals surface area contributed by atoms with Crippen molar-refractivity contribution in [3.8, 4) is 5.75 Å². The molecule has 2 aromatic carbocycles. The number of halogens is 2. The van der Waals surface area contributed by atoms with Gasteiger partial charge >= 0.3 is 0 Å². The number of hydrogen-bond donors (Lipinski definition) is 2. The van der Waals surface area contributed by atoms with Gasteiger partial charge in [-0.25, -0.2) is 0 Å². The molecule has 2 rings (SSSR count). The molecule has 0 saturated carbocycles. The Bertz CT molecular complexity index is 797. The van der Waals surface area contributed by atoms with Crippen LogP contribution >= 0.6 is 35.4 Å². The number of carbonyl (C=O) groups excluding carboxylic acids is 1. The number of anilines is 1. The standard InChI is InChI=1S/C19H20Cl2N2O2S/c1-12(2)9-10-25-17-6-4-3-5-14(17)18(24)23-19(26)22-13-7-8-15(20)16(21)11-13/h3-8,11-12H,9-10H2,1-2H3,(H2,22,23,24,26). The third kappa shape index (κ3) is 6.16. The van der Waals surface area contributed by atoms with E-state index in [0.29, 0.717) is 39.6 Å². The lowest BCUT2D eigenvalue weighted by atomic mass is 10.1. The Hall–Kier alpha value is -1.82. The predicted molar refractivity (Wildman–Crippen MR) is 112 cm³/mol. The molecule has 138 valence electrons. The van der Waals surface area contributed by atoms with Gasteiger partial charge in [-0.2, -0.15) is 0 Å². The maximum absolute atomic E-state index is 12.5. The lowest BCUT2D eigenvalue weighted by Gasteiger charge is -2.14. The molecule has 0 aromatic heterocycles. The Morgan fingerprint density at radius 2 is 1.88 bits per heavy atom. The van der Waals surface area contributed by atoms with Crippen molar-refractivity contribution >= 4 is 52.1 Å². The van der Waals surface area contributed by atoms with E-state index in [1.165, 1.54) is 0 Å². The molecular formula is C19H20Cl2N2O2S. The fraction of sp³-hybridized carbons (Fsp3) is 0.263. The minimum atomic E-state index is -0.345. The molecule has 2 aromatic rings. The summed E-state index contributed by atoms with van der Waals surface area (Å²) < 4.78 is 5.74. The van der Waals surface area contributed by atoms with Crippen molar-refractivity contribution in [1.82, 2.24) is 5.32 Å². The van der Waals surface area contributed by atoms with Gasteiger partial charge in [-0.3, -0.25) is 10.1 Å². The van der Waals surface area contributed by atoms with Gasteiger partial charge in [0.2, 0.25) is 0 Å². The minimum Gasteiger partial charge on any atom is -0.493 e. The van der Waals surface area contributed by atoms with E-state index in [0.717, 1.165) is 6.42 Å². The van der Waals surface area contributed by atoms with Crippen molar-refractivity contribution < 1.29 is 9.53 Å². The van der Waals surface area contributed by atoms with E-state index in [9.17, 15) is 4.79 Å². The highest BCUT2D eigenvalue weighted by Gasteiger charge is 2.14. The molecule has 0 aliphatic rings. The van der Waals surface area contributed by atoms with Gasteiger partial charge in [0, 0.05) is 5.69 Å². The molecule has 7 heteroatoms. The van der Waals surface area contributed by atoms with Gasteiger partial charge in [0.25, 0.3) is 5.91 Å². The molecule has 0 radical (unpaired) electrons. The smallest absolute Gasteiger partial charge is 0.261 e. The van der Waals surface area contributed by atoms with Crippen molar-refractivity contribution in [2.75, 3.05) is 11.9 Å². The number of para-hydroxylation sites is 1. The largest absolute Gasteiger partial charge is 0.493 e. The number of amides is 1. The first-order valence-corrected chi connectivity index (χ1v) is 9.32. The van der Waals surface area contributed by atoms with Crippen LogP contribution in [0.15, 0.2) is 42.5 Å². The number of benzene rings is 2. The molecule has 0 bridgehead atoms. The Balaban J connectivity index is 2.00. The third-order valence-electron chi connectivity index (χ3n) is 3.49. The summed E-state index contributed by atoms with van der Waals surface area (Å²) in [7, 11) is 0. The van der Waals surface area contributed by atoms with Gasteiger partial charge in [-0.1, -0.05) is 49.2 Å². The molecule has 0 spiro atoms. The second kappa shape index (κ2) is 9.76. The Morgan fingerprint density at radius 3 is 2.58 bits per heavy atom. The molecule has 2 N–H and O–H groups in total. The van der Waals surface area contributed by atoms with Crippen LogP contribution in [0.5, 0.6) is 5.75 Å². The third-order valence-corrected chi connectivity index (χ3v) is 4.43. The second-order valence-electron chi connectivity index (χ2n) is 6.06. The summed E-state index contributed by atoms with van der Waals surface area (Å²) in [6, 6.07) is 12.1. The van der Waals surface area contributed by atoms with Crippen molar-refractivity contribution in [3.05, 3.63) is 58.1 Å². The van der Waals surface area contributed by atoms with E-state index in [1.807, 2.05) is 6.07 Å². The first-order chi connectivity index (χ1) is 12.4. The number of ether oxygens (including phenoxy) is 1. The number of nitrogens with one attached hydrogen (secondary N) is 2. The first-order valence-electron chi connectivity index (χ1n) is 8.16. The molecule has 0 heterocycles. The van der Waals surface area contributed by atoms with Gasteiger partial charge in [-0.05, 0) is 54.9 Å². The van der Waals surface area contributed by atoms with Crippen molar-refractivity contribution in [2.24, 2.45) is 5.92 Å². The van der Waals surface area contributed by atoms with Crippen LogP contribution in [0.1, 0.15) is 30.6 Å². The quantitative estimate of drug-likeness (QED) is 0.613. The molecule has 0 aliphatic heterocycles. The summed E-state index contributed by atoms with van der Waals surface area (Å²) in [6.45, 7) is 4.79. The van der Waals surface area contributed by atoms with Crippen LogP contribution in [-0.4, -0.2) is 17.6 Å². The van der Waals surface area contributed by atoms with Crippen LogP contribution in [0.4, 0.5) is 5.69 Å². The zero-order valence-electron chi connectivity index (χ0n) is 14.5. The van der Waals surface area contributed by atoms with Crippen LogP contribution in [0.3, 0.4) is 0 Å². The highest BCUT2D eigenvalue weighted by atomic mass is 35.5. The summed E-state index contributed by atoms with van der Waals surface area (Å²) in [5, 5.41) is 6.55. The van der Waals surface area contributed by atoms with E-state index < -0.39 is 0 Å². The average Bonchev–Trinajstić information content (AvgIpc) is 2.58. The molecule has 1 amide bonds. The lowest BCUT2D eigenvalue weighted by Crippen LogP contribution is -2.34.